The highest BCUT2D eigenvalue weighted by atomic mass is 35.5. The van der Waals surface area contributed by atoms with E-state index in [2.05, 4.69) is 10.9 Å². The highest BCUT2D eigenvalue weighted by molar-refractivity contribution is 7.16. The first-order chi connectivity index (χ1) is 11.6. The van der Waals surface area contributed by atoms with Gasteiger partial charge < -0.3 is 4.57 Å². The summed E-state index contributed by atoms with van der Waals surface area (Å²) in [4.78, 5) is 17.0. The van der Waals surface area contributed by atoms with E-state index in [-0.39, 0.29) is 18.9 Å². The minimum Gasteiger partial charge on any atom is -0.303 e. The Labute approximate surface area is 153 Å². The molecule has 0 saturated carbocycles. The van der Waals surface area contributed by atoms with Crippen molar-refractivity contribution >= 4 is 50.7 Å². The lowest BCUT2D eigenvalue weighted by Gasteiger charge is -2.02. The predicted molar refractivity (Wildman–Crippen MR) is 99.4 cm³/mol. The number of hydrogen-bond donors (Lipinski definition) is 0. The zero-order chi connectivity index (χ0) is 17.1. The Morgan fingerprint density at radius 1 is 1.25 bits per heavy atom. The molecule has 3 nitrogen and oxygen atoms in total. The number of carbonyl (C=O) groups excluding carboxylic acids is 1. The van der Waals surface area contributed by atoms with Crippen molar-refractivity contribution in [2.45, 2.75) is 13.0 Å². The summed E-state index contributed by atoms with van der Waals surface area (Å²) in [6.45, 7) is 0.277. The third-order valence-electron chi connectivity index (χ3n) is 3.36. The van der Waals surface area contributed by atoms with Crippen molar-refractivity contribution in [3.8, 4) is 12.3 Å². The van der Waals surface area contributed by atoms with Crippen LogP contribution in [0.3, 0.4) is 0 Å². The fraction of sp³-hybridized carbons (Fsp3) is 0.111. The smallest absolute Gasteiger partial charge is 0.252 e. The van der Waals surface area contributed by atoms with E-state index in [0.29, 0.717) is 14.8 Å². The molecule has 0 atom stereocenters. The van der Waals surface area contributed by atoms with Gasteiger partial charge in [0, 0.05) is 5.02 Å². The molecule has 0 aliphatic heterocycles. The van der Waals surface area contributed by atoms with Crippen molar-refractivity contribution in [3.05, 3.63) is 62.9 Å². The highest BCUT2D eigenvalue weighted by Crippen LogP contribution is 2.29. The van der Waals surface area contributed by atoms with Crippen LogP contribution in [0.4, 0.5) is 0 Å². The minimum absolute atomic E-state index is 0.235. The highest BCUT2D eigenvalue weighted by Gasteiger charge is 2.12. The summed E-state index contributed by atoms with van der Waals surface area (Å²) >= 11 is 13.7. The quantitative estimate of drug-likeness (QED) is 0.628. The van der Waals surface area contributed by atoms with Crippen molar-refractivity contribution < 1.29 is 4.79 Å². The summed E-state index contributed by atoms with van der Waals surface area (Å²) in [6, 6.07) is 12.9. The number of hydrogen-bond acceptors (Lipinski definition) is 2. The van der Waals surface area contributed by atoms with Crippen LogP contribution in [0, 0.1) is 12.3 Å². The number of terminal acetylenes is 1. The first kappa shape index (κ1) is 16.8. The van der Waals surface area contributed by atoms with Gasteiger partial charge in [0.1, 0.15) is 0 Å². The van der Waals surface area contributed by atoms with Crippen LogP contribution >= 0.6 is 34.5 Å². The van der Waals surface area contributed by atoms with E-state index in [4.69, 9.17) is 29.6 Å². The van der Waals surface area contributed by atoms with Crippen LogP contribution in [0.25, 0.3) is 10.2 Å². The lowest BCUT2D eigenvalue weighted by atomic mass is 10.1. The second-order valence-corrected chi connectivity index (χ2v) is 6.93. The zero-order valence-electron chi connectivity index (χ0n) is 12.5. The number of halogens is 2. The third kappa shape index (κ3) is 3.54. The molecule has 1 amide bonds. The summed E-state index contributed by atoms with van der Waals surface area (Å²) in [5.41, 5.74) is 1.66. The molecular weight excluding hydrogens is 363 g/mol. The second-order valence-electron chi connectivity index (χ2n) is 5.08. The summed E-state index contributed by atoms with van der Waals surface area (Å²) in [5, 5.41) is 1.02. The molecule has 24 heavy (non-hydrogen) atoms. The molecule has 120 valence electrons. The first-order valence-electron chi connectivity index (χ1n) is 7.12. The molecule has 0 bridgehead atoms. The number of rotatable bonds is 3. The van der Waals surface area contributed by atoms with E-state index in [0.717, 1.165) is 15.8 Å². The first-order valence-corrected chi connectivity index (χ1v) is 8.69. The average molecular weight is 375 g/mol. The van der Waals surface area contributed by atoms with E-state index in [1.165, 1.54) is 11.3 Å². The molecule has 0 radical (unpaired) electrons. The van der Waals surface area contributed by atoms with Crippen molar-refractivity contribution in [2.75, 3.05) is 0 Å². The molecule has 0 aliphatic carbocycles. The molecule has 0 aliphatic rings. The fourth-order valence-electron chi connectivity index (χ4n) is 2.37. The largest absolute Gasteiger partial charge is 0.303 e. The summed E-state index contributed by atoms with van der Waals surface area (Å²) in [5.74, 6) is 2.34. The van der Waals surface area contributed by atoms with Crippen molar-refractivity contribution in [2.24, 2.45) is 4.99 Å². The van der Waals surface area contributed by atoms with E-state index in [1.807, 2.05) is 30.3 Å². The van der Waals surface area contributed by atoms with Gasteiger partial charge in [-0.3, -0.25) is 4.79 Å². The van der Waals surface area contributed by atoms with Crippen LogP contribution in [0.15, 0.2) is 47.5 Å². The molecule has 0 N–H and O–H groups in total. The van der Waals surface area contributed by atoms with Gasteiger partial charge in [-0.15, -0.1) is 6.42 Å². The molecule has 0 saturated heterocycles. The maximum Gasteiger partial charge on any atom is 0.252 e. The van der Waals surface area contributed by atoms with Crippen molar-refractivity contribution in [1.29, 1.82) is 0 Å². The van der Waals surface area contributed by atoms with E-state index in [1.54, 1.807) is 16.7 Å². The van der Waals surface area contributed by atoms with Crippen molar-refractivity contribution in [1.82, 2.24) is 4.57 Å². The van der Waals surface area contributed by atoms with Crippen LogP contribution in [-0.2, 0) is 17.8 Å². The van der Waals surface area contributed by atoms with Gasteiger partial charge in [0.25, 0.3) is 5.91 Å². The van der Waals surface area contributed by atoms with Crippen LogP contribution in [-0.4, -0.2) is 10.5 Å². The predicted octanol–water partition coefficient (Wildman–Crippen LogP) is 4.31. The molecule has 3 aromatic rings. The molecule has 1 aromatic heterocycles. The Morgan fingerprint density at radius 2 is 2.00 bits per heavy atom. The maximum absolute atomic E-state index is 12.3. The average Bonchev–Trinajstić information content (AvgIpc) is 2.86. The number of thiazole rings is 1. The number of carbonyl (C=O) groups is 1. The number of benzene rings is 2. The third-order valence-corrected chi connectivity index (χ3v) is 4.89. The monoisotopic (exact) mass is 374 g/mol. The molecular formula is C18H12Cl2N2OS. The van der Waals surface area contributed by atoms with E-state index < -0.39 is 0 Å². The summed E-state index contributed by atoms with van der Waals surface area (Å²) in [7, 11) is 0. The zero-order valence-corrected chi connectivity index (χ0v) is 14.8. The minimum atomic E-state index is -0.235. The van der Waals surface area contributed by atoms with Gasteiger partial charge in [-0.05, 0) is 17.7 Å². The Bertz CT molecular complexity index is 1010. The molecule has 6 heteroatoms. The van der Waals surface area contributed by atoms with Crippen molar-refractivity contribution in [3.63, 3.8) is 0 Å². The summed E-state index contributed by atoms with van der Waals surface area (Å²) < 4.78 is 2.61. The number of amides is 1. The van der Waals surface area contributed by atoms with Gasteiger partial charge in [0.15, 0.2) is 4.80 Å². The van der Waals surface area contributed by atoms with Crippen LogP contribution in [0.5, 0.6) is 0 Å². The number of nitrogens with zero attached hydrogens (tertiary/aromatic N) is 2. The SMILES string of the molecule is C#CCn1c(=NC(=O)Cc2ccccc2)sc2cc(Cl)cc(Cl)c21. The normalized spacial score (nSPS) is 11.6. The van der Waals surface area contributed by atoms with Gasteiger partial charge >= 0.3 is 0 Å². The van der Waals surface area contributed by atoms with Crippen LogP contribution in [0.2, 0.25) is 10.0 Å². The number of fused-ring (bicyclic) bond motifs is 1. The molecule has 0 fully saturated rings. The van der Waals surface area contributed by atoms with Gasteiger partial charge in [-0.1, -0.05) is 70.8 Å². The standard InChI is InChI=1S/C18H12Cl2N2OS/c1-2-8-22-17-14(20)10-13(19)11-15(17)24-18(22)21-16(23)9-12-6-4-3-5-7-12/h1,3-7,10-11H,8-9H2. The lowest BCUT2D eigenvalue weighted by Crippen LogP contribution is -2.17. The van der Waals surface area contributed by atoms with Crippen LogP contribution in [0.1, 0.15) is 5.56 Å². The lowest BCUT2D eigenvalue weighted by molar-refractivity contribution is -0.117. The van der Waals surface area contributed by atoms with Gasteiger partial charge in [-0.25, -0.2) is 0 Å². The fourth-order valence-corrected chi connectivity index (χ4v) is 4.20. The molecule has 0 spiro atoms. The Kier molecular flexibility index (Phi) is 5.06. The van der Waals surface area contributed by atoms with Gasteiger partial charge in [0.05, 0.1) is 28.2 Å². The van der Waals surface area contributed by atoms with Gasteiger partial charge in [0.2, 0.25) is 0 Å². The molecule has 3 rings (SSSR count). The topological polar surface area (TPSA) is 34.4 Å². The molecule has 0 unspecified atom stereocenters. The van der Waals surface area contributed by atoms with E-state index >= 15 is 0 Å². The van der Waals surface area contributed by atoms with E-state index in [9.17, 15) is 4.79 Å². The van der Waals surface area contributed by atoms with Crippen LogP contribution < -0.4 is 4.80 Å². The molecule has 1 heterocycles. The Hall–Kier alpha value is -2.06. The second kappa shape index (κ2) is 7.23. The Balaban J connectivity index is 2.08. The van der Waals surface area contributed by atoms with Gasteiger partial charge in [-0.2, -0.15) is 4.99 Å². The maximum atomic E-state index is 12.3. The summed E-state index contributed by atoms with van der Waals surface area (Å²) in [6.07, 6.45) is 5.69. The number of aromatic nitrogens is 1. The Morgan fingerprint density at radius 3 is 2.71 bits per heavy atom. The molecule has 2 aromatic carbocycles.